The molecule has 1 aromatic rings. The van der Waals surface area contributed by atoms with Gasteiger partial charge in [0.15, 0.2) is 0 Å². The molecule has 1 unspecified atom stereocenters. The van der Waals surface area contributed by atoms with E-state index in [0.717, 1.165) is 18.8 Å². The van der Waals surface area contributed by atoms with Crippen LogP contribution in [0.3, 0.4) is 0 Å². The lowest BCUT2D eigenvalue weighted by Gasteiger charge is -2.26. The summed E-state index contributed by atoms with van der Waals surface area (Å²) in [6.45, 7) is 4.38. The van der Waals surface area contributed by atoms with Crippen LogP contribution in [0.1, 0.15) is 37.8 Å². The molecule has 0 aliphatic carbocycles. The first-order valence-corrected chi connectivity index (χ1v) is 6.91. The summed E-state index contributed by atoms with van der Waals surface area (Å²) in [5.41, 5.74) is 1.23. The van der Waals surface area contributed by atoms with Gasteiger partial charge in [-0.25, -0.2) is 0 Å². The zero-order valence-electron chi connectivity index (χ0n) is 11.4. The molecule has 0 aromatic heterocycles. The van der Waals surface area contributed by atoms with Gasteiger partial charge in [0.05, 0.1) is 7.11 Å². The Balaban J connectivity index is 1.88. The van der Waals surface area contributed by atoms with Gasteiger partial charge >= 0.3 is 0 Å². The molecule has 3 heteroatoms. The van der Waals surface area contributed by atoms with E-state index in [2.05, 4.69) is 29.7 Å². The Morgan fingerprint density at radius 3 is 2.94 bits per heavy atom. The standard InChI is InChI=1S/C15H24N2O/c1-12(14-8-3-4-9-15(14)18-2)17-11-13-7-5-6-10-16-13/h3-4,8-9,12-13,16-17H,5-7,10-11H2,1-2H3/t12-,13?/m0/s1. The van der Waals surface area contributed by atoms with Crippen molar-refractivity contribution in [1.29, 1.82) is 0 Å². The fraction of sp³-hybridized carbons (Fsp3) is 0.600. The number of hydrogen-bond acceptors (Lipinski definition) is 3. The first kappa shape index (κ1) is 13.4. The summed E-state index contributed by atoms with van der Waals surface area (Å²) < 4.78 is 5.40. The van der Waals surface area contributed by atoms with Crippen LogP contribution in [0.25, 0.3) is 0 Å². The fourth-order valence-corrected chi connectivity index (χ4v) is 2.55. The second kappa shape index (κ2) is 6.76. The van der Waals surface area contributed by atoms with Gasteiger partial charge in [-0.05, 0) is 32.4 Å². The van der Waals surface area contributed by atoms with Crippen LogP contribution in [0.4, 0.5) is 0 Å². The highest BCUT2D eigenvalue weighted by Gasteiger charge is 2.15. The molecule has 0 spiro atoms. The van der Waals surface area contributed by atoms with Gasteiger partial charge in [-0.15, -0.1) is 0 Å². The van der Waals surface area contributed by atoms with Crippen LogP contribution < -0.4 is 15.4 Å². The average Bonchev–Trinajstić information content (AvgIpc) is 2.45. The third kappa shape index (κ3) is 3.47. The quantitative estimate of drug-likeness (QED) is 0.840. The predicted molar refractivity (Wildman–Crippen MR) is 75.1 cm³/mol. The molecule has 0 bridgehead atoms. The van der Waals surface area contributed by atoms with Gasteiger partial charge in [-0.2, -0.15) is 0 Å². The van der Waals surface area contributed by atoms with E-state index in [4.69, 9.17) is 4.74 Å². The van der Waals surface area contributed by atoms with Crippen molar-refractivity contribution in [3.8, 4) is 5.75 Å². The Labute approximate surface area is 110 Å². The van der Waals surface area contributed by atoms with Crippen LogP contribution in [-0.4, -0.2) is 26.2 Å². The Morgan fingerprint density at radius 2 is 2.22 bits per heavy atom. The van der Waals surface area contributed by atoms with Crippen molar-refractivity contribution in [3.05, 3.63) is 29.8 Å². The van der Waals surface area contributed by atoms with Gasteiger partial charge in [0, 0.05) is 24.2 Å². The fourth-order valence-electron chi connectivity index (χ4n) is 2.55. The lowest BCUT2D eigenvalue weighted by molar-refractivity contribution is 0.364. The molecule has 0 saturated carbocycles. The Bertz CT molecular complexity index is 361. The van der Waals surface area contributed by atoms with Gasteiger partial charge in [-0.3, -0.25) is 0 Å². The smallest absolute Gasteiger partial charge is 0.123 e. The van der Waals surface area contributed by atoms with Crippen molar-refractivity contribution >= 4 is 0 Å². The summed E-state index contributed by atoms with van der Waals surface area (Å²) in [6, 6.07) is 9.17. The molecular weight excluding hydrogens is 224 g/mol. The van der Waals surface area contributed by atoms with Crippen molar-refractivity contribution in [2.24, 2.45) is 0 Å². The van der Waals surface area contributed by atoms with Crippen molar-refractivity contribution in [2.75, 3.05) is 20.2 Å². The molecule has 2 atom stereocenters. The molecule has 100 valence electrons. The first-order valence-electron chi connectivity index (χ1n) is 6.91. The largest absolute Gasteiger partial charge is 0.496 e. The molecular formula is C15H24N2O. The lowest BCUT2D eigenvalue weighted by Crippen LogP contribution is -2.42. The molecule has 2 rings (SSSR count). The monoisotopic (exact) mass is 248 g/mol. The summed E-state index contributed by atoms with van der Waals surface area (Å²) in [5, 5.41) is 7.16. The SMILES string of the molecule is COc1ccccc1[C@H](C)NCC1CCCCN1. The number of ether oxygens (including phenoxy) is 1. The van der Waals surface area contributed by atoms with Gasteiger partial charge in [0.2, 0.25) is 0 Å². The highest BCUT2D eigenvalue weighted by Crippen LogP contribution is 2.24. The van der Waals surface area contributed by atoms with Crippen molar-refractivity contribution in [1.82, 2.24) is 10.6 Å². The summed E-state index contributed by atoms with van der Waals surface area (Å²) >= 11 is 0. The van der Waals surface area contributed by atoms with E-state index in [9.17, 15) is 0 Å². The second-order valence-corrected chi connectivity index (χ2v) is 5.02. The molecule has 1 saturated heterocycles. The van der Waals surface area contributed by atoms with E-state index < -0.39 is 0 Å². The van der Waals surface area contributed by atoms with Crippen molar-refractivity contribution in [2.45, 2.75) is 38.3 Å². The van der Waals surface area contributed by atoms with Crippen molar-refractivity contribution < 1.29 is 4.74 Å². The highest BCUT2D eigenvalue weighted by molar-refractivity contribution is 5.35. The Morgan fingerprint density at radius 1 is 1.39 bits per heavy atom. The Hall–Kier alpha value is -1.06. The van der Waals surface area contributed by atoms with Crippen LogP contribution in [0.5, 0.6) is 5.75 Å². The normalized spacial score (nSPS) is 21.6. The topological polar surface area (TPSA) is 33.3 Å². The van der Waals surface area contributed by atoms with Crippen LogP contribution in [0.2, 0.25) is 0 Å². The van der Waals surface area contributed by atoms with Crippen LogP contribution in [-0.2, 0) is 0 Å². The maximum absolute atomic E-state index is 5.40. The molecule has 1 fully saturated rings. The number of hydrogen-bond donors (Lipinski definition) is 2. The highest BCUT2D eigenvalue weighted by atomic mass is 16.5. The molecule has 1 aliphatic rings. The minimum absolute atomic E-state index is 0.324. The van der Waals surface area contributed by atoms with Gasteiger partial charge in [0.25, 0.3) is 0 Å². The third-order valence-corrected chi connectivity index (χ3v) is 3.69. The predicted octanol–water partition coefficient (Wildman–Crippen LogP) is 2.49. The maximum atomic E-state index is 5.40. The summed E-state index contributed by atoms with van der Waals surface area (Å²) in [4.78, 5) is 0. The van der Waals surface area contributed by atoms with Gasteiger partial charge in [-0.1, -0.05) is 24.6 Å². The van der Waals surface area contributed by atoms with E-state index in [-0.39, 0.29) is 0 Å². The molecule has 3 nitrogen and oxygen atoms in total. The molecule has 0 amide bonds. The van der Waals surface area contributed by atoms with Gasteiger partial charge < -0.3 is 15.4 Å². The zero-order valence-corrected chi connectivity index (χ0v) is 11.4. The van der Waals surface area contributed by atoms with Crippen LogP contribution in [0, 0.1) is 0 Å². The maximum Gasteiger partial charge on any atom is 0.123 e. The lowest BCUT2D eigenvalue weighted by atomic mass is 10.0. The zero-order chi connectivity index (χ0) is 12.8. The number of para-hydroxylation sites is 1. The molecule has 1 aromatic carbocycles. The number of methoxy groups -OCH3 is 1. The van der Waals surface area contributed by atoms with E-state index in [1.165, 1.54) is 24.8 Å². The number of nitrogens with one attached hydrogen (secondary N) is 2. The van der Waals surface area contributed by atoms with Crippen LogP contribution >= 0.6 is 0 Å². The third-order valence-electron chi connectivity index (χ3n) is 3.69. The van der Waals surface area contributed by atoms with E-state index in [0.29, 0.717) is 12.1 Å². The minimum atomic E-state index is 0.324. The molecule has 18 heavy (non-hydrogen) atoms. The number of piperidine rings is 1. The van der Waals surface area contributed by atoms with Crippen molar-refractivity contribution in [3.63, 3.8) is 0 Å². The summed E-state index contributed by atoms with van der Waals surface area (Å²) in [6.07, 6.45) is 3.95. The van der Waals surface area contributed by atoms with E-state index in [1.807, 2.05) is 12.1 Å². The Kier molecular flexibility index (Phi) is 5.02. The molecule has 1 heterocycles. The molecule has 1 aliphatic heterocycles. The molecule has 2 N–H and O–H groups in total. The number of rotatable bonds is 5. The van der Waals surface area contributed by atoms with E-state index >= 15 is 0 Å². The molecule has 0 radical (unpaired) electrons. The second-order valence-electron chi connectivity index (χ2n) is 5.02. The minimum Gasteiger partial charge on any atom is -0.496 e. The van der Waals surface area contributed by atoms with Gasteiger partial charge in [0.1, 0.15) is 5.75 Å². The number of benzene rings is 1. The van der Waals surface area contributed by atoms with Crippen LogP contribution in [0.15, 0.2) is 24.3 Å². The average molecular weight is 248 g/mol. The van der Waals surface area contributed by atoms with E-state index in [1.54, 1.807) is 7.11 Å². The summed E-state index contributed by atoms with van der Waals surface area (Å²) in [7, 11) is 1.73. The summed E-state index contributed by atoms with van der Waals surface area (Å²) in [5.74, 6) is 0.967. The first-order chi connectivity index (χ1) is 8.81.